The van der Waals surface area contributed by atoms with Gasteiger partial charge in [-0.3, -0.25) is 4.79 Å². The van der Waals surface area contributed by atoms with Crippen molar-refractivity contribution in [1.29, 1.82) is 0 Å². The lowest BCUT2D eigenvalue weighted by Gasteiger charge is -2.13. The summed E-state index contributed by atoms with van der Waals surface area (Å²) >= 11 is 0. The Hall–Kier alpha value is -1.84. The molecule has 3 N–H and O–H groups in total. The molecule has 0 aliphatic rings. The van der Waals surface area contributed by atoms with E-state index >= 15 is 0 Å². The minimum atomic E-state index is -0.422. The number of hydrogen-bond acceptors (Lipinski definition) is 2. The summed E-state index contributed by atoms with van der Waals surface area (Å²) in [7, 11) is 0. The summed E-state index contributed by atoms with van der Waals surface area (Å²) in [5, 5.41) is 0. The predicted molar refractivity (Wildman–Crippen MR) is 63.3 cm³/mol. The summed E-state index contributed by atoms with van der Waals surface area (Å²) in [5.74, 6) is 0.484. The molecule has 0 atom stereocenters. The number of aromatic amines is 1. The van der Waals surface area contributed by atoms with Gasteiger partial charge in [-0.05, 0) is 18.2 Å². The molecule has 0 spiro atoms. The first kappa shape index (κ1) is 10.7. The number of fused-ring (bicyclic) bond motifs is 1. The van der Waals surface area contributed by atoms with Gasteiger partial charge in [0.15, 0.2) is 0 Å². The highest BCUT2D eigenvalue weighted by Gasteiger charge is 2.18. The number of carbonyl (C=O) groups excluding carboxylic acids is 1. The van der Waals surface area contributed by atoms with Crippen LogP contribution in [-0.4, -0.2) is 15.9 Å². The highest BCUT2D eigenvalue weighted by atomic mass is 16.1. The van der Waals surface area contributed by atoms with Crippen LogP contribution in [-0.2, 0) is 5.41 Å². The molecule has 4 heteroatoms. The number of carbonyl (C=O) groups is 1. The lowest BCUT2D eigenvalue weighted by molar-refractivity contribution is 0.100. The van der Waals surface area contributed by atoms with Gasteiger partial charge in [0.25, 0.3) is 0 Å². The zero-order valence-electron chi connectivity index (χ0n) is 9.66. The molecule has 0 fully saturated rings. The van der Waals surface area contributed by atoms with Gasteiger partial charge in [0, 0.05) is 11.0 Å². The first-order valence-electron chi connectivity index (χ1n) is 5.18. The number of primary amides is 1. The summed E-state index contributed by atoms with van der Waals surface area (Å²) in [5.41, 5.74) is 7.39. The Morgan fingerprint density at radius 3 is 2.62 bits per heavy atom. The van der Waals surface area contributed by atoms with Crippen LogP contribution in [0.3, 0.4) is 0 Å². The average Bonchev–Trinajstić information content (AvgIpc) is 2.58. The maximum Gasteiger partial charge on any atom is 0.248 e. The van der Waals surface area contributed by atoms with Crippen LogP contribution < -0.4 is 5.73 Å². The first-order valence-corrected chi connectivity index (χ1v) is 5.18. The van der Waals surface area contributed by atoms with Gasteiger partial charge in [-0.2, -0.15) is 0 Å². The van der Waals surface area contributed by atoms with Gasteiger partial charge in [0.1, 0.15) is 5.82 Å². The van der Waals surface area contributed by atoms with E-state index in [1.807, 2.05) is 0 Å². The van der Waals surface area contributed by atoms with Gasteiger partial charge < -0.3 is 10.7 Å². The van der Waals surface area contributed by atoms with E-state index in [1.54, 1.807) is 18.2 Å². The van der Waals surface area contributed by atoms with Gasteiger partial charge in [0.2, 0.25) is 5.91 Å². The number of benzene rings is 1. The second-order valence-electron chi connectivity index (χ2n) is 4.93. The number of nitrogens with one attached hydrogen (secondary N) is 1. The van der Waals surface area contributed by atoms with Gasteiger partial charge >= 0.3 is 0 Å². The number of rotatable bonds is 1. The third-order valence-corrected chi connectivity index (χ3v) is 2.48. The van der Waals surface area contributed by atoms with E-state index in [2.05, 4.69) is 30.7 Å². The number of nitrogens with two attached hydrogens (primary N) is 1. The van der Waals surface area contributed by atoms with Crippen molar-refractivity contribution in [1.82, 2.24) is 9.97 Å². The topological polar surface area (TPSA) is 71.8 Å². The van der Waals surface area contributed by atoms with Gasteiger partial charge in [-0.1, -0.05) is 20.8 Å². The summed E-state index contributed by atoms with van der Waals surface area (Å²) in [6, 6.07) is 5.24. The van der Waals surface area contributed by atoms with E-state index in [4.69, 9.17) is 5.73 Å². The molecule has 1 heterocycles. The Balaban J connectivity index is 2.59. The highest BCUT2D eigenvalue weighted by molar-refractivity contribution is 5.96. The maximum absolute atomic E-state index is 11.0. The zero-order valence-corrected chi connectivity index (χ0v) is 9.66. The number of H-pyrrole nitrogens is 1. The Morgan fingerprint density at radius 2 is 2.06 bits per heavy atom. The van der Waals surface area contributed by atoms with Crippen LogP contribution in [0.25, 0.3) is 11.0 Å². The molecule has 84 valence electrons. The van der Waals surface area contributed by atoms with Crippen molar-refractivity contribution in [3.63, 3.8) is 0 Å². The van der Waals surface area contributed by atoms with Gasteiger partial charge in [-0.25, -0.2) is 4.98 Å². The largest absolute Gasteiger partial charge is 0.366 e. The van der Waals surface area contributed by atoms with Gasteiger partial charge in [-0.15, -0.1) is 0 Å². The second kappa shape index (κ2) is 3.33. The van der Waals surface area contributed by atoms with E-state index in [0.29, 0.717) is 5.56 Å². The van der Waals surface area contributed by atoms with E-state index in [1.165, 1.54) is 0 Å². The lowest BCUT2D eigenvalue weighted by atomic mass is 9.96. The third kappa shape index (κ3) is 1.78. The van der Waals surface area contributed by atoms with Crippen LogP contribution in [0, 0.1) is 0 Å². The second-order valence-corrected chi connectivity index (χ2v) is 4.93. The maximum atomic E-state index is 11.0. The van der Waals surface area contributed by atoms with Gasteiger partial charge in [0.05, 0.1) is 11.0 Å². The number of nitrogens with zero attached hydrogens (tertiary/aromatic N) is 1. The van der Waals surface area contributed by atoms with Crippen LogP contribution in [0.5, 0.6) is 0 Å². The monoisotopic (exact) mass is 217 g/mol. The fraction of sp³-hybridized carbons (Fsp3) is 0.333. The molecule has 2 rings (SSSR count). The van der Waals surface area contributed by atoms with Crippen molar-refractivity contribution in [3.05, 3.63) is 29.6 Å². The van der Waals surface area contributed by atoms with Crippen LogP contribution in [0.4, 0.5) is 0 Å². The van der Waals surface area contributed by atoms with Crippen molar-refractivity contribution in [2.24, 2.45) is 5.73 Å². The molecule has 4 nitrogen and oxygen atoms in total. The van der Waals surface area contributed by atoms with Crippen molar-refractivity contribution in [2.75, 3.05) is 0 Å². The molecule has 16 heavy (non-hydrogen) atoms. The minimum absolute atomic E-state index is 0.0358. The molecule has 1 aromatic carbocycles. The van der Waals surface area contributed by atoms with Crippen LogP contribution >= 0.6 is 0 Å². The summed E-state index contributed by atoms with van der Waals surface area (Å²) in [4.78, 5) is 18.7. The number of amides is 1. The van der Waals surface area contributed by atoms with E-state index < -0.39 is 5.91 Å². The fourth-order valence-electron chi connectivity index (χ4n) is 1.52. The number of imidazole rings is 1. The Bertz CT molecular complexity index is 549. The summed E-state index contributed by atoms with van der Waals surface area (Å²) in [6.45, 7) is 6.25. The Kier molecular flexibility index (Phi) is 2.22. The molecule has 0 bridgehead atoms. The Morgan fingerprint density at radius 1 is 1.38 bits per heavy atom. The summed E-state index contributed by atoms with van der Waals surface area (Å²) in [6.07, 6.45) is 0. The minimum Gasteiger partial charge on any atom is -0.366 e. The molecule has 0 aliphatic carbocycles. The molecule has 1 amide bonds. The lowest BCUT2D eigenvalue weighted by Crippen LogP contribution is -2.13. The molecule has 0 saturated heterocycles. The van der Waals surface area contributed by atoms with E-state index in [-0.39, 0.29) is 5.41 Å². The fourth-order valence-corrected chi connectivity index (χ4v) is 1.52. The van der Waals surface area contributed by atoms with Crippen molar-refractivity contribution >= 4 is 16.9 Å². The highest BCUT2D eigenvalue weighted by Crippen LogP contribution is 2.22. The molecule has 1 aromatic heterocycles. The molecular formula is C12H15N3O. The van der Waals surface area contributed by atoms with E-state index in [9.17, 15) is 4.79 Å². The molecule has 0 aliphatic heterocycles. The molecular weight excluding hydrogens is 202 g/mol. The zero-order chi connectivity index (χ0) is 11.9. The average molecular weight is 217 g/mol. The van der Waals surface area contributed by atoms with Crippen molar-refractivity contribution in [2.45, 2.75) is 26.2 Å². The summed E-state index contributed by atoms with van der Waals surface area (Å²) < 4.78 is 0. The SMILES string of the molecule is CC(C)(C)c1nc2ccc(C(N)=O)cc2[nH]1. The smallest absolute Gasteiger partial charge is 0.248 e. The molecule has 2 aromatic rings. The quantitative estimate of drug-likeness (QED) is 0.766. The molecule has 0 saturated carbocycles. The van der Waals surface area contributed by atoms with Crippen LogP contribution in [0.2, 0.25) is 0 Å². The first-order chi connectivity index (χ1) is 7.38. The normalized spacial score (nSPS) is 11.9. The standard InChI is InChI=1S/C12H15N3O/c1-12(2,3)11-14-8-5-4-7(10(13)16)6-9(8)15-11/h4-6H,1-3H3,(H2,13,16)(H,14,15). The predicted octanol–water partition coefficient (Wildman–Crippen LogP) is 1.96. The third-order valence-electron chi connectivity index (χ3n) is 2.48. The molecule has 0 radical (unpaired) electrons. The number of hydrogen-bond donors (Lipinski definition) is 2. The number of aromatic nitrogens is 2. The van der Waals surface area contributed by atoms with Crippen LogP contribution in [0.15, 0.2) is 18.2 Å². The van der Waals surface area contributed by atoms with Crippen molar-refractivity contribution < 1.29 is 4.79 Å². The molecule has 0 unspecified atom stereocenters. The Labute approximate surface area is 93.9 Å². The van der Waals surface area contributed by atoms with Crippen molar-refractivity contribution in [3.8, 4) is 0 Å². The van der Waals surface area contributed by atoms with Crippen LogP contribution in [0.1, 0.15) is 37.0 Å². The van der Waals surface area contributed by atoms with E-state index in [0.717, 1.165) is 16.9 Å².